The van der Waals surface area contributed by atoms with Crippen LogP contribution in [0.5, 0.6) is 0 Å². The van der Waals surface area contributed by atoms with Gasteiger partial charge in [0, 0.05) is 48.7 Å². The van der Waals surface area contributed by atoms with Crippen molar-refractivity contribution in [3.8, 4) is 0 Å². The van der Waals surface area contributed by atoms with Crippen LogP contribution in [-0.4, -0.2) is 31.2 Å². The van der Waals surface area contributed by atoms with E-state index in [-0.39, 0.29) is 12.1 Å². The standard InChI is InChI=1S/C40H40N6/c1-3-15-29(16-4-1)39(43-37-27-35(45-23-11-12-24-45)31-19-7-9-21-33(31)41-37)40(30-17-5-2-6-18-30)44-38-28-36(46-25-13-14-26-46)32-20-8-10-22-34(32)42-38/h1-10,15-22,27-28,39-40H,11-14,23-26H2,(H,41,43)(H,42,44)/p+1/t39-,40-/m1/s1. The molecule has 2 aromatic heterocycles. The van der Waals surface area contributed by atoms with Crippen LogP contribution < -0.4 is 25.4 Å². The molecule has 2 saturated heterocycles. The van der Waals surface area contributed by atoms with Gasteiger partial charge < -0.3 is 15.1 Å². The third-order valence-electron chi connectivity index (χ3n) is 9.61. The second-order valence-corrected chi connectivity index (χ2v) is 12.6. The molecule has 0 bridgehead atoms. The summed E-state index contributed by atoms with van der Waals surface area (Å²) in [4.78, 5) is 14.0. The molecule has 2 aliphatic heterocycles. The number of aromatic amines is 1. The molecule has 0 aliphatic carbocycles. The van der Waals surface area contributed by atoms with E-state index in [1.54, 1.807) is 0 Å². The lowest BCUT2D eigenvalue weighted by Crippen LogP contribution is -2.29. The fraction of sp³-hybridized carbons (Fsp3) is 0.250. The Labute approximate surface area is 271 Å². The number of benzene rings is 4. The number of pyridine rings is 2. The maximum absolute atomic E-state index is 5.18. The van der Waals surface area contributed by atoms with Crippen molar-refractivity contribution in [1.29, 1.82) is 0 Å². The van der Waals surface area contributed by atoms with Crippen molar-refractivity contribution in [2.75, 3.05) is 46.6 Å². The highest BCUT2D eigenvalue weighted by atomic mass is 15.2. The Bertz CT molecular complexity index is 1790. The first-order chi connectivity index (χ1) is 22.8. The van der Waals surface area contributed by atoms with Crippen molar-refractivity contribution >= 4 is 44.8 Å². The average molecular weight is 606 g/mol. The predicted octanol–water partition coefficient (Wildman–Crippen LogP) is 8.41. The molecule has 0 spiro atoms. The third-order valence-corrected chi connectivity index (χ3v) is 9.61. The van der Waals surface area contributed by atoms with Crippen LogP contribution in [0.2, 0.25) is 0 Å². The van der Waals surface area contributed by atoms with Crippen LogP contribution >= 0.6 is 0 Å². The maximum Gasteiger partial charge on any atom is 0.275 e. The first kappa shape index (κ1) is 28.4. The molecule has 6 nitrogen and oxygen atoms in total. The number of para-hydroxylation sites is 2. The van der Waals surface area contributed by atoms with Gasteiger partial charge >= 0.3 is 0 Å². The molecule has 2 atom stereocenters. The highest BCUT2D eigenvalue weighted by Crippen LogP contribution is 2.38. The van der Waals surface area contributed by atoms with Gasteiger partial charge in [-0.3, -0.25) is 5.32 Å². The second-order valence-electron chi connectivity index (χ2n) is 12.6. The highest BCUT2D eigenvalue weighted by molar-refractivity contribution is 5.94. The summed E-state index contributed by atoms with van der Waals surface area (Å²) in [6.45, 7) is 4.36. The average Bonchev–Trinajstić information content (AvgIpc) is 3.86. The minimum atomic E-state index is -0.112. The van der Waals surface area contributed by atoms with Gasteiger partial charge in [-0.2, -0.15) is 0 Å². The zero-order valence-electron chi connectivity index (χ0n) is 26.2. The SMILES string of the molecule is c1ccc([C@@H](Nc2cc(N3CCCC3)c3ccccc3n2)[C@H](Nc2cc(N3CCCC3)c3ccccc3[nH+]2)c2ccccc2)cc1. The van der Waals surface area contributed by atoms with E-state index in [9.17, 15) is 0 Å². The molecular weight excluding hydrogens is 564 g/mol. The second kappa shape index (κ2) is 12.7. The Kier molecular flexibility index (Phi) is 7.85. The molecule has 230 valence electrons. The fourth-order valence-corrected chi connectivity index (χ4v) is 7.33. The highest BCUT2D eigenvalue weighted by Gasteiger charge is 2.31. The minimum absolute atomic E-state index is 0.101. The minimum Gasteiger partial charge on any atom is -0.371 e. The van der Waals surface area contributed by atoms with Crippen LogP contribution in [-0.2, 0) is 0 Å². The molecular formula is C40H41N6+. The molecule has 46 heavy (non-hydrogen) atoms. The predicted molar refractivity (Wildman–Crippen MR) is 191 cm³/mol. The zero-order valence-corrected chi connectivity index (χ0v) is 26.2. The summed E-state index contributed by atoms with van der Waals surface area (Å²) in [5.41, 5.74) is 7.10. The molecule has 0 unspecified atom stereocenters. The van der Waals surface area contributed by atoms with E-state index in [0.29, 0.717) is 0 Å². The first-order valence-electron chi connectivity index (χ1n) is 16.8. The number of H-pyrrole nitrogens is 1. The number of hydrogen-bond donors (Lipinski definition) is 2. The largest absolute Gasteiger partial charge is 0.371 e. The van der Waals surface area contributed by atoms with E-state index in [1.165, 1.54) is 59.0 Å². The van der Waals surface area contributed by atoms with Crippen molar-refractivity contribution in [2.45, 2.75) is 37.8 Å². The van der Waals surface area contributed by atoms with Crippen LogP contribution in [0.25, 0.3) is 21.8 Å². The van der Waals surface area contributed by atoms with Crippen molar-refractivity contribution in [3.63, 3.8) is 0 Å². The molecule has 6 aromatic rings. The lowest BCUT2D eigenvalue weighted by molar-refractivity contribution is -0.327. The molecule has 4 heterocycles. The fourth-order valence-electron chi connectivity index (χ4n) is 7.33. The summed E-state index contributed by atoms with van der Waals surface area (Å²) in [6.07, 6.45) is 4.93. The van der Waals surface area contributed by atoms with Gasteiger partial charge in [-0.25, -0.2) is 9.97 Å². The molecule has 0 amide bonds. The number of fused-ring (bicyclic) bond motifs is 2. The van der Waals surface area contributed by atoms with E-state index < -0.39 is 0 Å². The summed E-state index contributed by atoms with van der Waals surface area (Å²) in [5, 5.41) is 10.4. The van der Waals surface area contributed by atoms with Crippen molar-refractivity contribution < 1.29 is 4.98 Å². The molecule has 0 saturated carbocycles. The number of hydrogen-bond acceptors (Lipinski definition) is 5. The Morgan fingerprint density at radius 1 is 0.543 bits per heavy atom. The van der Waals surface area contributed by atoms with Gasteiger partial charge in [-0.15, -0.1) is 0 Å². The van der Waals surface area contributed by atoms with E-state index in [0.717, 1.165) is 48.8 Å². The van der Waals surface area contributed by atoms with Crippen LogP contribution in [0.3, 0.4) is 0 Å². The van der Waals surface area contributed by atoms with E-state index in [4.69, 9.17) is 4.98 Å². The number of rotatable bonds is 9. The Hall–Kier alpha value is -5.10. The summed E-state index contributed by atoms with van der Waals surface area (Å²) >= 11 is 0. The van der Waals surface area contributed by atoms with Gasteiger partial charge in [0.1, 0.15) is 17.4 Å². The van der Waals surface area contributed by atoms with Crippen LogP contribution in [0.4, 0.5) is 23.0 Å². The monoisotopic (exact) mass is 605 g/mol. The van der Waals surface area contributed by atoms with Gasteiger partial charge in [0.2, 0.25) is 0 Å². The number of anilines is 4. The van der Waals surface area contributed by atoms with Crippen molar-refractivity contribution in [3.05, 3.63) is 132 Å². The third kappa shape index (κ3) is 5.71. The molecule has 2 fully saturated rings. The van der Waals surface area contributed by atoms with Gasteiger partial charge in [-0.05, 0) is 55.0 Å². The number of nitrogens with zero attached hydrogens (tertiary/aromatic N) is 3. The molecule has 6 heteroatoms. The van der Waals surface area contributed by atoms with Gasteiger partial charge in [-0.1, -0.05) is 91.0 Å². The normalized spacial score (nSPS) is 16.2. The van der Waals surface area contributed by atoms with E-state index >= 15 is 0 Å². The van der Waals surface area contributed by atoms with Gasteiger partial charge in [0.05, 0.1) is 23.3 Å². The smallest absolute Gasteiger partial charge is 0.275 e. The zero-order chi connectivity index (χ0) is 30.7. The topological polar surface area (TPSA) is 57.6 Å². The lowest BCUT2D eigenvalue weighted by Gasteiger charge is -2.29. The Balaban J connectivity index is 1.24. The molecule has 2 aliphatic rings. The summed E-state index contributed by atoms with van der Waals surface area (Å²) < 4.78 is 0. The number of aromatic nitrogens is 2. The number of nitrogens with one attached hydrogen (secondary N) is 3. The molecule has 0 radical (unpaired) electrons. The van der Waals surface area contributed by atoms with Crippen molar-refractivity contribution in [1.82, 2.24) is 4.98 Å². The Morgan fingerprint density at radius 3 is 1.72 bits per heavy atom. The molecule has 4 aromatic carbocycles. The molecule has 3 N–H and O–H groups in total. The van der Waals surface area contributed by atoms with Crippen molar-refractivity contribution in [2.24, 2.45) is 0 Å². The van der Waals surface area contributed by atoms with E-state index in [1.807, 2.05) is 0 Å². The van der Waals surface area contributed by atoms with Gasteiger partial charge in [0.25, 0.3) is 5.82 Å². The van der Waals surface area contributed by atoms with Crippen LogP contribution in [0.1, 0.15) is 48.9 Å². The summed E-state index contributed by atoms with van der Waals surface area (Å²) in [5.74, 6) is 1.89. The van der Waals surface area contributed by atoms with Crippen LogP contribution in [0.15, 0.2) is 121 Å². The lowest BCUT2D eigenvalue weighted by atomic mass is 9.93. The summed E-state index contributed by atoms with van der Waals surface area (Å²) in [6, 6.07) is 43.2. The quantitative estimate of drug-likeness (QED) is 0.173. The van der Waals surface area contributed by atoms with Crippen LogP contribution in [0, 0.1) is 0 Å². The summed E-state index contributed by atoms with van der Waals surface area (Å²) in [7, 11) is 0. The van der Waals surface area contributed by atoms with Gasteiger partial charge in [0.15, 0.2) is 0 Å². The Morgan fingerprint density at radius 2 is 1.07 bits per heavy atom. The molecule has 8 rings (SSSR count). The first-order valence-corrected chi connectivity index (χ1v) is 16.8. The maximum atomic E-state index is 5.18. The van der Waals surface area contributed by atoms with E-state index in [2.05, 4.69) is 147 Å².